The lowest BCUT2D eigenvalue weighted by atomic mass is 10.1. The first kappa shape index (κ1) is 22.1. The van der Waals surface area contributed by atoms with Crippen molar-refractivity contribution in [3.63, 3.8) is 0 Å². The van der Waals surface area contributed by atoms with Gasteiger partial charge in [0, 0.05) is 11.7 Å². The summed E-state index contributed by atoms with van der Waals surface area (Å²) < 4.78 is 31.8. The monoisotopic (exact) mass is 415 g/mol. The van der Waals surface area contributed by atoms with Crippen LogP contribution in [0.3, 0.4) is 0 Å². The van der Waals surface area contributed by atoms with Crippen LogP contribution in [0.4, 0.5) is 5.69 Å². The molecule has 0 saturated heterocycles. The molecule has 1 atom stereocenters. The van der Waals surface area contributed by atoms with Crippen molar-refractivity contribution in [2.75, 3.05) is 5.32 Å². The van der Waals surface area contributed by atoms with Crippen LogP contribution in [0, 0.1) is 11.3 Å². The number of hydrogen-bond acceptors (Lipinski definition) is 6. The van der Waals surface area contributed by atoms with Gasteiger partial charge in [0.25, 0.3) is 5.91 Å². The number of amides is 1. The van der Waals surface area contributed by atoms with Gasteiger partial charge in [-0.15, -0.1) is 0 Å². The molecule has 0 aromatic heterocycles. The fourth-order valence-electron chi connectivity index (χ4n) is 2.30. The molecule has 0 saturated carbocycles. The summed E-state index contributed by atoms with van der Waals surface area (Å²) in [4.78, 5) is 24.4. The van der Waals surface area contributed by atoms with Gasteiger partial charge in [0.2, 0.25) is 10.0 Å². The fraction of sp³-hybridized carbons (Fsp3) is 0.250. The number of anilines is 1. The Morgan fingerprint density at radius 2 is 1.59 bits per heavy atom. The summed E-state index contributed by atoms with van der Waals surface area (Å²) >= 11 is 0. The molecule has 2 aromatic rings. The van der Waals surface area contributed by atoms with Crippen LogP contribution >= 0.6 is 0 Å². The van der Waals surface area contributed by atoms with Crippen molar-refractivity contribution in [1.29, 1.82) is 5.26 Å². The third-order valence-electron chi connectivity index (χ3n) is 3.73. The number of nitrogens with zero attached hydrogens (tertiary/aromatic N) is 1. The average molecular weight is 415 g/mol. The summed E-state index contributed by atoms with van der Waals surface area (Å²) in [5.41, 5.74) is 0.983. The van der Waals surface area contributed by atoms with E-state index >= 15 is 0 Å². The maximum Gasteiger partial charge on any atom is 0.338 e. The van der Waals surface area contributed by atoms with E-state index in [9.17, 15) is 18.0 Å². The third-order valence-corrected chi connectivity index (χ3v) is 5.40. The zero-order chi connectivity index (χ0) is 21.6. The van der Waals surface area contributed by atoms with E-state index in [-0.39, 0.29) is 16.5 Å². The molecule has 2 rings (SSSR count). The molecule has 0 unspecified atom stereocenters. The molecular formula is C20H21N3O5S. The van der Waals surface area contributed by atoms with E-state index in [0.29, 0.717) is 11.3 Å². The number of carbonyl (C=O) groups excluding carboxylic acids is 2. The number of nitrogens with one attached hydrogen (secondary N) is 2. The maximum atomic E-state index is 12.2. The highest BCUT2D eigenvalue weighted by atomic mass is 32.2. The Morgan fingerprint density at radius 3 is 2.10 bits per heavy atom. The number of sulfonamides is 1. The zero-order valence-corrected chi connectivity index (χ0v) is 17.0. The van der Waals surface area contributed by atoms with Gasteiger partial charge in [0.1, 0.15) is 0 Å². The standard InChI is InChI=1S/C20H21N3O5S/c1-13(2)23-29(26,27)18-10-8-17(9-11-18)22-19(24)14(3)28-20(25)16-6-4-15(12-21)5-7-16/h4-11,13-14,23H,1-3H3,(H,22,24)/t14-/m0/s1. The Morgan fingerprint density at radius 1 is 1.00 bits per heavy atom. The number of esters is 1. The molecule has 0 spiro atoms. The summed E-state index contributed by atoms with van der Waals surface area (Å²) in [6.07, 6.45) is -1.08. The zero-order valence-electron chi connectivity index (χ0n) is 16.2. The lowest BCUT2D eigenvalue weighted by molar-refractivity contribution is -0.123. The molecule has 29 heavy (non-hydrogen) atoms. The largest absolute Gasteiger partial charge is 0.449 e. The van der Waals surface area contributed by atoms with Crippen molar-refractivity contribution in [2.24, 2.45) is 0 Å². The maximum absolute atomic E-state index is 12.2. The molecular weight excluding hydrogens is 394 g/mol. The van der Waals surface area contributed by atoms with Crippen molar-refractivity contribution in [3.05, 3.63) is 59.7 Å². The number of rotatable bonds is 7. The number of hydrogen-bond donors (Lipinski definition) is 2. The van der Waals surface area contributed by atoms with Gasteiger partial charge in [0.05, 0.1) is 22.1 Å². The van der Waals surface area contributed by atoms with Crippen molar-refractivity contribution < 1.29 is 22.7 Å². The quantitative estimate of drug-likeness (QED) is 0.669. The van der Waals surface area contributed by atoms with E-state index in [2.05, 4.69) is 10.0 Å². The molecule has 9 heteroatoms. The topological polar surface area (TPSA) is 125 Å². The minimum absolute atomic E-state index is 0.0736. The van der Waals surface area contributed by atoms with Crippen LogP contribution in [-0.2, 0) is 19.6 Å². The van der Waals surface area contributed by atoms with Gasteiger partial charge in [-0.05, 0) is 69.3 Å². The molecule has 0 bridgehead atoms. The molecule has 8 nitrogen and oxygen atoms in total. The van der Waals surface area contributed by atoms with Gasteiger partial charge in [-0.2, -0.15) is 5.26 Å². The smallest absolute Gasteiger partial charge is 0.338 e. The summed E-state index contributed by atoms with van der Waals surface area (Å²) in [6, 6.07) is 13.2. The van der Waals surface area contributed by atoms with Crippen molar-refractivity contribution in [1.82, 2.24) is 4.72 Å². The Labute approximate surface area is 169 Å². The van der Waals surface area contributed by atoms with E-state index in [4.69, 9.17) is 10.00 Å². The second kappa shape index (κ2) is 9.32. The van der Waals surface area contributed by atoms with Gasteiger partial charge in [-0.1, -0.05) is 0 Å². The Kier molecular flexibility index (Phi) is 7.09. The van der Waals surface area contributed by atoms with Crippen LogP contribution in [0.25, 0.3) is 0 Å². The molecule has 2 N–H and O–H groups in total. The van der Waals surface area contributed by atoms with E-state index in [1.54, 1.807) is 13.8 Å². The van der Waals surface area contributed by atoms with Crippen LogP contribution in [0.15, 0.2) is 53.4 Å². The van der Waals surface area contributed by atoms with E-state index in [0.717, 1.165) is 0 Å². The van der Waals surface area contributed by atoms with Crippen LogP contribution in [0.2, 0.25) is 0 Å². The predicted octanol–water partition coefficient (Wildman–Crippen LogP) is 2.43. The van der Waals surface area contributed by atoms with Crippen LogP contribution < -0.4 is 10.0 Å². The average Bonchev–Trinajstić information content (AvgIpc) is 2.67. The van der Waals surface area contributed by atoms with Gasteiger partial charge in [-0.3, -0.25) is 4.79 Å². The molecule has 0 aliphatic carbocycles. The minimum Gasteiger partial charge on any atom is -0.449 e. The van der Waals surface area contributed by atoms with Crippen molar-refractivity contribution >= 4 is 27.6 Å². The van der Waals surface area contributed by atoms with E-state index in [1.165, 1.54) is 55.5 Å². The molecule has 0 radical (unpaired) electrons. The highest BCUT2D eigenvalue weighted by Gasteiger charge is 2.20. The van der Waals surface area contributed by atoms with Crippen molar-refractivity contribution in [2.45, 2.75) is 37.8 Å². The van der Waals surface area contributed by atoms with Gasteiger partial charge in [-0.25, -0.2) is 17.9 Å². The minimum atomic E-state index is -3.62. The molecule has 2 aromatic carbocycles. The van der Waals surface area contributed by atoms with Crippen molar-refractivity contribution in [3.8, 4) is 6.07 Å². The van der Waals surface area contributed by atoms with Gasteiger partial charge in [0.15, 0.2) is 6.10 Å². The molecule has 0 aliphatic rings. The number of benzene rings is 2. The van der Waals surface area contributed by atoms with Gasteiger partial charge < -0.3 is 10.1 Å². The summed E-state index contributed by atoms with van der Waals surface area (Å²) in [7, 11) is -3.62. The summed E-state index contributed by atoms with van der Waals surface area (Å²) in [5.74, 6) is -1.26. The Hall–Kier alpha value is -3.22. The normalized spacial score (nSPS) is 12.1. The number of ether oxygens (including phenoxy) is 1. The van der Waals surface area contributed by atoms with Crippen LogP contribution in [0.5, 0.6) is 0 Å². The predicted molar refractivity (Wildman–Crippen MR) is 107 cm³/mol. The highest BCUT2D eigenvalue weighted by Crippen LogP contribution is 2.15. The summed E-state index contributed by atoms with van der Waals surface area (Å²) in [6.45, 7) is 4.85. The van der Waals surface area contributed by atoms with Crippen LogP contribution in [-0.4, -0.2) is 32.4 Å². The first-order valence-corrected chi connectivity index (χ1v) is 10.2. The van der Waals surface area contributed by atoms with E-state index in [1.807, 2.05) is 6.07 Å². The highest BCUT2D eigenvalue weighted by molar-refractivity contribution is 7.89. The second-order valence-corrected chi connectivity index (χ2v) is 8.24. The molecule has 0 aliphatic heterocycles. The summed E-state index contributed by atoms with van der Waals surface area (Å²) in [5, 5.41) is 11.3. The fourth-order valence-corrected chi connectivity index (χ4v) is 3.55. The second-order valence-electron chi connectivity index (χ2n) is 6.53. The number of nitriles is 1. The molecule has 0 heterocycles. The molecule has 1 amide bonds. The van der Waals surface area contributed by atoms with Crippen LogP contribution in [0.1, 0.15) is 36.7 Å². The first-order chi connectivity index (χ1) is 13.6. The molecule has 0 fully saturated rings. The SMILES string of the molecule is CC(C)NS(=O)(=O)c1ccc(NC(=O)[C@H](C)OC(=O)c2ccc(C#N)cc2)cc1. The van der Waals surface area contributed by atoms with E-state index < -0.39 is 28.0 Å². The first-order valence-electron chi connectivity index (χ1n) is 8.77. The third kappa shape index (κ3) is 6.14. The lowest BCUT2D eigenvalue weighted by Crippen LogP contribution is -2.30. The lowest BCUT2D eigenvalue weighted by Gasteiger charge is -2.14. The molecule has 152 valence electrons. The number of carbonyl (C=O) groups is 2. The van der Waals surface area contributed by atoms with Gasteiger partial charge >= 0.3 is 5.97 Å². The Balaban J connectivity index is 1.98. The Bertz CT molecular complexity index is 1020.